The van der Waals surface area contributed by atoms with Gasteiger partial charge >= 0.3 is 6.03 Å². The van der Waals surface area contributed by atoms with Crippen molar-refractivity contribution in [1.29, 1.82) is 0 Å². The zero-order chi connectivity index (χ0) is 22.1. The molecule has 0 unspecified atom stereocenters. The van der Waals surface area contributed by atoms with Gasteiger partial charge in [0.25, 0.3) is 5.91 Å². The summed E-state index contributed by atoms with van der Waals surface area (Å²) < 4.78 is 0. The SMILES string of the molecule is C[C@]1(c2ccc3ccccc3c2)NC(=O)N(CN2CCC(Cc3ccccc3)CC2)C1=O. The molecular formula is C27H29N3O2. The molecule has 0 aromatic heterocycles. The van der Waals surface area contributed by atoms with Crippen molar-refractivity contribution in [1.82, 2.24) is 15.1 Å². The van der Waals surface area contributed by atoms with E-state index in [0.717, 1.165) is 48.7 Å². The molecule has 5 heteroatoms. The Kier molecular flexibility index (Phi) is 5.43. The van der Waals surface area contributed by atoms with Crippen LogP contribution in [0.15, 0.2) is 72.8 Å². The molecule has 2 aliphatic rings. The van der Waals surface area contributed by atoms with Gasteiger partial charge < -0.3 is 5.32 Å². The van der Waals surface area contributed by atoms with Crippen molar-refractivity contribution in [2.45, 2.75) is 31.7 Å². The van der Waals surface area contributed by atoms with Gasteiger partial charge in [-0.3, -0.25) is 9.69 Å². The van der Waals surface area contributed by atoms with Crippen molar-refractivity contribution < 1.29 is 9.59 Å². The van der Waals surface area contributed by atoms with Crippen LogP contribution in [0.4, 0.5) is 4.79 Å². The minimum atomic E-state index is -1.03. The third-order valence-electron chi connectivity index (χ3n) is 7.02. The van der Waals surface area contributed by atoms with Crippen LogP contribution in [0.3, 0.4) is 0 Å². The zero-order valence-corrected chi connectivity index (χ0v) is 18.5. The summed E-state index contributed by atoms with van der Waals surface area (Å²) in [6, 6.07) is 24.3. The molecule has 2 heterocycles. The Balaban J connectivity index is 1.24. The van der Waals surface area contributed by atoms with E-state index in [2.05, 4.69) is 40.5 Å². The number of hydrogen-bond acceptors (Lipinski definition) is 3. The lowest BCUT2D eigenvalue weighted by Gasteiger charge is -2.34. The number of likely N-dealkylation sites (tertiary alicyclic amines) is 1. The molecule has 0 saturated carbocycles. The first kappa shape index (κ1) is 20.7. The van der Waals surface area contributed by atoms with Gasteiger partial charge in [-0.25, -0.2) is 9.69 Å². The summed E-state index contributed by atoms with van der Waals surface area (Å²) in [7, 11) is 0. The number of fused-ring (bicyclic) bond motifs is 1. The molecule has 2 fully saturated rings. The number of benzene rings is 3. The molecule has 0 radical (unpaired) electrons. The molecule has 0 bridgehead atoms. The van der Waals surface area contributed by atoms with Crippen LogP contribution in [0, 0.1) is 5.92 Å². The number of nitrogens with zero attached hydrogens (tertiary/aromatic N) is 2. The van der Waals surface area contributed by atoms with E-state index in [1.165, 1.54) is 10.5 Å². The summed E-state index contributed by atoms with van der Waals surface area (Å²) in [4.78, 5) is 29.8. The largest absolute Gasteiger partial charge is 0.326 e. The molecule has 164 valence electrons. The van der Waals surface area contributed by atoms with Crippen molar-refractivity contribution in [3.05, 3.63) is 83.9 Å². The number of carbonyl (C=O) groups is 2. The Hall–Kier alpha value is -3.18. The fraction of sp³-hybridized carbons (Fsp3) is 0.333. The number of imide groups is 1. The quantitative estimate of drug-likeness (QED) is 0.609. The third kappa shape index (κ3) is 3.89. The van der Waals surface area contributed by atoms with Crippen LogP contribution in [0.2, 0.25) is 0 Å². The molecule has 5 nitrogen and oxygen atoms in total. The molecule has 3 amide bonds. The van der Waals surface area contributed by atoms with E-state index in [4.69, 9.17) is 0 Å². The van der Waals surface area contributed by atoms with Gasteiger partial charge in [0, 0.05) is 13.1 Å². The second-order valence-electron chi connectivity index (χ2n) is 9.24. The van der Waals surface area contributed by atoms with Gasteiger partial charge in [-0.1, -0.05) is 66.7 Å². The number of hydrogen-bond donors (Lipinski definition) is 1. The van der Waals surface area contributed by atoms with E-state index < -0.39 is 5.54 Å². The second-order valence-corrected chi connectivity index (χ2v) is 9.24. The maximum absolute atomic E-state index is 13.4. The third-order valence-corrected chi connectivity index (χ3v) is 7.02. The van der Waals surface area contributed by atoms with Crippen molar-refractivity contribution >= 4 is 22.7 Å². The fourth-order valence-electron chi connectivity index (χ4n) is 5.00. The zero-order valence-electron chi connectivity index (χ0n) is 18.5. The van der Waals surface area contributed by atoms with Crippen molar-refractivity contribution in [3.8, 4) is 0 Å². The summed E-state index contributed by atoms with van der Waals surface area (Å²) in [5, 5.41) is 5.13. The van der Waals surface area contributed by atoms with Crippen molar-refractivity contribution in [2.75, 3.05) is 19.8 Å². The van der Waals surface area contributed by atoms with Crippen molar-refractivity contribution in [3.63, 3.8) is 0 Å². The highest BCUT2D eigenvalue weighted by Crippen LogP contribution is 2.31. The average molecular weight is 428 g/mol. The molecule has 0 aliphatic carbocycles. The van der Waals surface area contributed by atoms with Crippen LogP contribution in [0.25, 0.3) is 10.8 Å². The van der Waals surface area contributed by atoms with Crippen LogP contribution < -0.4 is 5.32 Å². The molecule has 5 rings (SSSR count). The van der Waals surface area contributed by atoms with Crippen LogP contribution in [-0.4, -0.2) is 41.5 Å². The maximum Gasteiger partial charge on any atom is 0.326 e. The highest BCUT2D eigenvalue weighted by Gasteiger charge is 2.49. The molecular weight excluding hydrogens is 398 g/mol. The van der Waals surface area contributed by atoms with E-state index in [1.54, 1.807) is 0 Å². The molecule has 3 aromatic carbocycles. The van der Waals surface area contributed by atoms with Gasteiger partial charge in [-0.2, -0.15) is 0 Å². The van der Waals surface area contributed by atoms with Gasteiger partial charge in [0.05, 0.1) is 6.67 Å². The van der Waals surface area contributed by atoms with E-state index >= 15 is 0 Å². The number of nitrogens with one attached hydrogen (secondary N) is 1. The smallest absolute Gasteiger partial charge is 0.319 e. The highest BCUT2D eigenvalue weighted by atomic mass is 16.2. The predicted octanol–water partition coefficient (Wildman–Crippen LogP) is 4.52. The average Bonchev–Trinajstić information content (AvgIpc) is 3.04. The monoisotopic (exact) mass is 427 g/mol. The molecule has 3 aromatic rings. The second kappa shape index (κ2) is 8.40. The van der Waals surface area contributed by atoms with Crippen LogP contribution in [-0.2, 0) is 16.8 Å². The standard InChI is InChI=1S/C27H29N3O2/c1-27(24-12-11-22-9-5-6-10-23(22)18-24)25(31)30(26(32)28-27)19-29-15-13-21(14-16-29)17-20-7-3-2-4-8-20/h2-12,18,21H,13-17,19H2,1H3,(H,28,32)/t27-/m1/s1. The van der Waals surface area contributed by atoms with Crippen molar-refractivity contribution in [2.24, 2.45) is 5.92 Å². The first-order valence-corrected chi connectivity index (χ1v) is 11.4. The topological polar surface area (TPSA) is 52.7 Å². The van der Waals surface area contributed by atoms with Gasteiger partial charge in [-0.05, 0) is 60.1 Å². The molecule has 2 aliphatic heterocycles. The van der Waals surface area contributed by atoms with E-state index in [9.17, 15) is 9.59 Å². The maximum atomic E-state index is 13.4. The number of urea groups is 1. The van der Waals surface area contributed by atoms with Crippen LogP contribution in [0.5, 0.6) is 0 Å². The van der Waals surface area contributed by atoms with E-state index in [-0.39, 0.29) is 11.9 Å². The number of amides is 3. The summed E-state index contributed by atoms with van der Waals surface area (Å²) >= 11 is 0. The summed E-state index contributed by atoms with van der Waals surface area (Å²) in [6.07, 6.45) is 3.26. The Morgan fingerprint density at radius 2 is 1.59 bits per heavy atom. The Bertz CT molecular complexity index is 1140. The molecule has 2 saturated heterocycles. The van der Waals surface area contributed by atoms with E-state index in [1.807, 2.05) is 49.4 Å². The highest BCUT2D eigenvalue weighted by molar-refractivity contribution is 6.07. The number of rotatable bonds is 5. The van der Waals surface area contributed by atoms with E-state index in [0.29, 0.717) is 12.6 Å². The predicted molar refractivity (Wildman–Crippen MR) is 126 cm³/mol. The van der Waals surface area contributed by atoms with Crippen LogP contribution >= 0.6 is 0 Å². The van der Waals surface area contributed by atoms with Gasteiger partial charge in [-0.15, -0.1) is 0 Å². The first-order valence-electron chi connectivity index (χ1n) is 11.4. The lowest BCUT2D eigenvalue weighted by molar-refractivity contribution is -0.132. The minimum absolute atomic E-state index is 0.177. The van der Waals surface area contributed by atoms with Crippen LogP contribution in [0.1, 0.15) is 30.9 Å². The fourth-order valence-corrected chi connectivity index (χ4v) is 5.00. The normalized spacial score (nSPS) is 22.5. The molecule has 32 heavy (non-hydrogen) atoms. The molecule has 1 N–H and O–H groups in total. The summed E-state index contributed by atoms with van der Waals surface area (Å²) in [6.45, 7) is 3.97. The Morgan fingerprint density at radius 1 is 0.906 bits per heavy atom. The Labute approximate surface area is 189 Å². The first-order chi connectivity index (χ1) is 15.5. The molecule has 0 spiro atoms. The Morgan fingerprint density at radius 3 is 2.34 bits per heavy atom. The van der Waals surface area contributed by atoms with Gasteiger partial charge in [0.15, 0.2) is 0 Å². The van der Waals surface area contributed by atoms with Gasteiger partial charge in [0.1, 0.15) is 5.54 Å². The lowest BCUT2D eigenvalue weighted by Crippen LogP contribution is -2.46. The molecule has 1 atom stereocenters. The lowest BCUT2D eigenvalue weighted by atomic mass is 9.90. The number of carbonyl (C=O) groups excluding carboxylic acids is 2. The number of piperidine rings is 1. The minimum Gasteiger partial charge on any atom is -0.319 e. The summed E-state index contributed by atoms with van der Waals surface area (Å²) in [5.74, 6) is 0.476. The summed E-state index contributed by atoms with van der Waals surface area (Å²) in [5.41, 5.74) is 1.16. The van der Waals surface area contributed by atoms with Gasteiger partial charge in [0.2, 0.25) is 0 Å².